The maximum atomic E-state index is 5.36. The predicted molar refractivity (Wildman–Crippen MR) is 67.0 cm³/mol. The molecule has 0 spiro atoms. The molecule has 0 N–H and O–H groups in total. The molecule has 0 fully saturated rings. The van der Waals surface area contributed by atoms with E-state index in [1.165, 1.54) is 5.56 Å². The average Bonchev–Trinajstić information content (AvgIpc) is 2.52. The minimum Gasteiger partial charge on any atom is -0.382 e. The Labute approximate surface area is 104 Å². The van der Waals surface area contributed by atoms with Crippen molar-refractivity contribution in [2.75, 3.05) is 26.9 Å². The first-order valence-electron chi connectivity index (χ1n) is 5.00. The maximum absolute atomic E-state index is 5.36. The number of nitrogens with zero attached hydrogens (tertiary/aromatic N) is 2. The summed E-state index contributed by atoms with van der Waals surface area (Å²) in [5.41, 5.74) is 1.23. The van der Waals surface area contributed by atoms with Crippen LogP contribution in [0.15, 0.2) is 6.20 Å². The summed E-state index contributed by atoms with van der Waals surface area (Å²) < 4.78 is 13.3. The van der Waals surface area contributed by atoms with E-state index in [1.54, 1.807) is 7.11 Å². The zero-order valence-electron chi connectivity index (χ0n) is 9.20. The molecular formula is C10H17IN2O2. The van der Waals surface area contributed by atoms with Gasteiger partial charge >= 0.3 is 0 Å². The van der Waals surface area contributed by atoms with Crippen molar-refractivity contribution in [1.29, 1.82) is 0 Å². The Morgan fingerprint density at radius 3 is 2.80 bits per heavy atom. The topological polar surface area (TPSA) is 36.3 Å². The van der Waals surface area contributed by atoms with E-state index >= 15 is 0 Å². The lowest BCUT2D eigenvalue weighted by Gasteiger charge is -2.03. The smallest absolute Gasteiger partial charge is 0.126 e. The van der Waals surface area contributed by atoms with Gasteiger partial charge in [-0.1, -0.05) is 0 Å². The first kappa shape index (κ1) is 12.9. The Kier molecular flexibility index (Phi) is 6.19. The van der Waals surface area contributed by atoms with Gasteiger partial charge < -0.3 is 9.47 Å². The van der Waals surface area contributed by atoms with E-state index in [0.29, 0.717) is 13.2 Å². The van der Waals surface area contributed by atoms with E-state index in [4.69, 9.17) is 9.47 Å². The molecule has 1 aromatic rings. The summed E-state index contributed by atoms with van der Waals surface area (Å²) in [6.45, 7) is 5.08. The molecule has 0 aliphatic rings. The van der Waals surface area contributed by atoms with Gasteiger partial charge in [-0.2, -0.15) is 5.10 Å². The first-order chi connectivity index (χ1) is 7.24. The monoisotopic (exact) mass is 324 g/mol. The Morgan fingerprint density at radius 2 is 2.20 bits per heavy atom. The number of rotatable bonds is 7. The minimum absolute atomic E-state index is 0.665. The average molecular weight is 324 g/mol. The van der Waals surface area contributed by atoms with Crippen LogP contribution in [0.4, 0.5) is 0 Å². The van der Waals surface area contributed by atoms with E-state index in [9.17, 15) is 0 Å². The predicted octanol–water partition coefficient (Wildman–Crippen LogP) is 1.85. The summed E-state index contributed by atoms with van der Waals surface area (Å²) in [7, 11) is 1.68. The number of halogens is 1. The van der Waals surface area contributed by atoms with Crippen LogP contribution in [0.3, 0.4) is 0 Å². The van der Waals surface area contributed by atoms with Crippen molar-refractivity contribution in [2.45, 2.75) is 19.9 Å². The van der Waals surface area contributed by atoms with Crippen LogP contribution in [0.25, 0.3) is 0 Å². The summed E-state index contributed by atoms with van der Waals surface area (Å²) >= 11 is 2.24. The highest BCUT2D eigenvalue weighted by molar-refractivity contribution is 14.1. The largest absolute Gasteiger partial charge is 0.382 e. The lowest BCUT2D eigenvalue weighted by molar-refractivity contribution is 0.0677. The zero-order valence-corrected chi connectivity index (χ0v) is 11.4. The fraction of sp³-hybridized carbons (Fsp3) is 0.700. The quantitative estimate of drug-likeness (QED) is 0.567. The molecule has 15 heavy (non-hydrogen) atoms. The van der Waals surface area contributed by atoms with Gasteiger partial charge in [0.25, 0.3) is 0 Å². The van der Waals surface area contributed by atoms with Crippen LogP contribution in [0, 0.1) is 10.6 Å². The molecule has 0 atom stereocenters. The molecule has 0 radical (unpaired) electrons. The standard InChI is InChI=1S/C10H17IN2O2/c1-9-8-13(12-10(9)11)4-3-5-15-7-6-14-2/h8H,3-7H2,1-2H3. The molecule has 4 nitrogen and oxygen atoms in total. The second kappa shape index (κ2) is 7.19. The third kappa shape index (κ3) is 4.94. The molecule has 0 aromatic carbocycles. The van der Waals surface area contributed by atoms with Gasteiger partial charge in [0.2, 0.25) is 0 Å². The zero-order chi connectivity index (χ0) is 11.1. The SMILES string of the molecule is COCCOCCCn1cc(C)c(I)n1. The molecule has 0 amide bonds. The van der Waals surface area contributed by atoms with Crippen molar-refractivity contribution in [3.63, 3.8) is 0 Å². The van der Waals surface area contributed by atoms with Crippen molar-refractivity contribution < 1.29 is 9.47 Å². The van der Waals surface area contributed by atoms with E-state index < -0.39 is 0 Å². The van der Waals surface area contributed by atoms with Gasteiger partial charge in [0.15, 0.2) is 0 Å². The van der Waals surface area contributed by atoms with Gasteiger partial charge in [0, 0.05) is 32.0 Å². The molecule has 1 rings (SSSR count). The molecule has 86 valence electrons. The number of methoxy groups -OCH3 is 1. The summed E-state index contributed by atoms with van der Waals surface area (Å²) in [6, 6.07) is 0. The van der Waals surface area contributed by atoms with E-state index in [-0.39, 0.29) is 0 Å². The van der Waals surface area contributed by atoms with Gasteiger partial charge in [0.05, 0.1) is 13.2 Å². The molecule has 5 heteroatoms. The van der Waals surface area contributed by atoms with Crippen LogP contribution in [0.2, 0.25) is 0 Å². The Hall–Kier alpha value is -0.140. The highest BCUT2D eigenvalue weighted by Gasteiger charge is 2.00. The number of aryl methyl sites for hydroxylation is 2. The maximum Gasteiger partial charge on any atom is 0.126 e. The van der Waals surface area contributed by atoms with Gasteiger partial charge in [-0.25, -0.2) is 0 Å². The summed E-state index contributed by atoms with van der Waals surface area (Å²) in [5.74, 6) is 0. The molecule has 0 bridgehead atoms. The lowest BCUT2D eigenvalue weighted by Crippen LogP contribution is -2.06. The Balaban J connectivity index is 2.10. The highest BCUT2D eigenvalue weighted by atomic mass is 127. The van der Waals surface area contributed by atoms with Crippen LogP contribution < -0.4 is 0 Å². The fourth-order valence-electron chi connectivity index (χ4n) is 1.18. The molecule has 0 saturated carbocycles. The van der Waals surface area contributed by atoms with Gasteiger partial charge in [-0.15, -0.1) is 0 Å². The van der Waals surface area contributed by atoms with Crippen molar-refractivity contribution >= 4 is 22.6 Å². The number of aromatic nitrogens is 2. The van der Waals surface area contributed by atoms with E-state index in [0.717, 1.165) is 23.3 Å². The lowest BCUT2D eigenvalue weighted by atomic mass is 10.4. The summed E-state index contributed by atoms with van der Waals surface area (Å²) in [4.78, 5) is 0. The van der Waals surface area contributed by atoms with Gasteiger partial charge in [-0.3, -0.25) is 4.68 Å². The Bertz CT molecular complexity index is 269. The van der Waals surface area contributed by atoms with Crippen molar-refractivity contribution in [1.82, 2.24) is 9.78 Å². The van der Waals surface area contributed by atoms with Crippen LogP contribution >= 0.6 is 22.6 Å². The van der Waals surface area contributed by atoms with Gasteiger partial charge in [-0.05, 0) is 35.9 Å². The normalized spacial score (nSPS) is 10.9. The van der Waals surface area contributed by atoms with Crippen LogP contribution in [0.5, 0.6) is 0 Å². The molecule has 0 aliphatic heterocycles. The second-order valence-electron chi connectivity index (χ2n) is 3.32. The molecular weight excluding hydrogens is 307 g/mol. The van der Waals surface area contributed by atoms with Crippen LogP contribution in [0.1, 0.15) is 12.0 Å². The molecule has 0 unspecified atom stereocenters. The highest BCUT2D eigenvalue weighted by Crippen LogP contribution is 2.07. The number of ether oxygens (including phenoxy) is 2. The van der Waals surface area contributed by atoms with E-state index in [2.05, 4.69) is 40.8 Å². The third-order valence-corrected chi connectivity index (χ3v) is 3.06. The molecule has 0 aliphatic carbocycles. The minimum atomic E-state index is 0.665. The van der Waals surface area contributed by atoms with Crippen molar-refractivity contribution in [2.24, 2.45) is 0 Å². The molecule has 0 saturated heterocycles. The van der Waals surface area contributed by atoms with Gasteiger partial charge in [0.1, 0.15) is 3.70 Å². The summed E-state index contributed by atoms with van der Waals surface area (Å²) in [6.07, 6.45) is 3.05. The second-order valence-corrected chi connectivity index (χ2v) is 4.35. The summed E-state index contributed by atoms with van der Waals surface area (Å²) in [5, 5.41) is 4.37. The first-order valence-corrected chi connectivity index (χ1v) is 6.08. The fourth-order valence-corrected chi connectivity index (χ4v) is 1.60. The number of hydrogen-bond donors (Lipinski definition) is 0. The van der Waals surface area contributed by atoms with Crippen molar-refractivity contribution in [3.8, 4) is 0 Å². The van der Waals surface area contributed by atoms with Crippen molar-refractivity contribution in [3.05, 3.63) is 15.5 Å². The van der Waals surface area contributed by atoms with E-state index in [1.807, 2.05) is 4.68 Å². The number of hydrogen-bond acceptors (Lipinski definition) is 3. The molecule has 1 aromatic heterocycles. The van der Waals surface area contributed by atoms with Crippen LogP contribution in [-0.4, -0.2) is 36.7 Å². The Morgan fingerprint density at radius 1 is 1.40 bits per heavy atom. The van der Waals surface area contributed by atoms with Crippen LogP contribution in [-0.2, 0) is 16.0 Å². The molecule has 1 heterocycles. The third-order valence-electron chi connectivity index (χ3n) is 1.99.